The molecule has 2 heterocycles. The summed E-state index contributed by atoms with van der Waals surface area (Å²) >= 11 is 7.10. The van der Waals surface area contributed by atoms with E-state index in [1.54, 1.807) is 10.4 Å². The number of rotatable bonds is 4. The molecule has 1 atom stereocenters. The van der Waals surface area contributed by atoms with Crippen molar-refractivity contribution >= 4 is 33.0 Å². The number of halogens is 1. The molecule has 1 aliphatic rings. The lowest BCUT2D eigenvalue weighted by molar-refractivity contribution is 0.454. The van der Waals surface area contributed by atoms with Crippen LogP contribution in [0.5, 0.6) is 0 Å². The van der Waals surface area contributed by atoms with Gasteiger partial charge >= 0.3 is 0 Å². The van der Waals surface area contributed by atoms with Gasteiger partial charge in [-0.3, -0.25) is 0 Å². The largest absolute Gasteiger partial charge is 0.252 e. The number of hydrogen-bond donors (Lipinski definition) is 0. The molecule has 1 unspecified atom stereocenters. The maximum atomic E-state index is 12.5. The summed E-state index contributed by atoms with van der Waals surface area (Å²) in [5.41, 5.74) is 0.972. The first kappa shape index (κ1) is 14.3. The maximum Gasteiger partial charge on any atom is 0.252 e. The lowest BCUT2D eigenvalue weighted by Gasteiger charge is -2.14. The third-order valence-corrected chi connectivity index (χ3v) is 7.52. The molecule has 1 saturated heterocycles. The van der Waals surface area contributed by atoms with Crippen molar-refractivity contribution in [2.75, 3.05) is 13.1 Å². The Bertz CT molecular complexity index is 524. The van der Waals surface area contributed by atoms with Crippen molar-refractivity contribution < 1.29 is 8.42 Å². The predicted molar refractivity (Wildman–Crippen MR) is 75.8 cm³/mol. The lowest BCUT2D eigenvalue weighted by Crippen LogP contribution is -2.28. The minimum absolute atomic E-state index is 0.379. The molecule has 0 spiro atoms. The minimum atomic E-state index is -3.30. The Balaban J connectivity index is 2.25. The molecule has 0 radical (unpaired) electrons. The van der Waals surface area contributed by atoms with Crippen molar-refractivity contribution in [1.82, 2.24) is 4.31 Å². The van der Waals surface area contributed by atoms with E-state index in [2.05, 4.69) is 6.92 Å². The van der Waals surface area contributed by atoms with Crippen LogP contribution in [0, 0.1) is 12.8 Å². The van der Waals surface area contributed by atoms with Gasteiger partial charge in [0.2, 0.25) is 0 Å². The summed E-state index contributed by atoms with van der Waals surface area (Å²) in [5, 5.41) is 0. The van der Waals surface area contributed by atoms with Crippen LogP contribution < -0.4 is 0 Å². The Kier molecular flexibility index (Phi) is 4.36. The van der Waals surface area contributed by atoms with Crippen molar-refractivity contribution in [2.45, 2.75) is 36.8 Å². The van der Waals surface area contributed by atoms with E-state index in [9.17, 15) is 8.42 Å². The van der Waals surface area contributed by atoms with Gasteiger partial charge in [0.15, 0.2) is 0 Å². The van der Waals surface area contributed by atoms with Crippen LogP contribution in [0.4, 0.5) is 0 Å². The molecule has 0 saturated carbocycles. The van der Waals surface area contributed by atoms with E-state index in [1.165, 1.54) is 11.3 Å². The van der Waals surface area contributed by atoms with E-state index in [1.807, 2.05) is 6.92 Å². The molecule has 1 fully saturated rings. The van der Waals surface area contributed by atoms with E-state index >= 15 is 0 Å². The molecule has 0 amide bonds. The highest BCUT2D eigenvalue weighted by Gasteiger charge is 2.33. The second-order valence-corrected chi connectivity index (χ2v) is 8.30. The molecular formula is C12H18ClNO2S2. The first-order chi connectivity index (χ1) is 8.48. The molecule has 3 nitrogen and oxygen atoms in total. The number of sulfonamides is 1. The van der Waals surface area contributed by atoms with Gasteiger partial charge in [-0.15, -0.1) is 22.9 Å². The van der Waals surface area contributed by atoms with Crippen LogP contribution in [0.25, 0.3) is 0 Å². The average Bonchev–Trinajstić information content (AvgIpc) is 2.95. The third-order valence-electron chi connectivity index (χ3n) is 3.54. The third kappa shape index (κ3) is 2.59. The zero-order valence-corrected chi connectivity index (χ0v) is 13.0. The SMILES string of the molecule is CCC1CCN(S(=O)(=O)c2cc(C)c(CCl)s2)C1. The summed E-state index contributed by atoms with van der Waals surface area (Å²) in [4.78, 5) is 0.946. The molecule has 0 aliphatic carbocycles. The predicted octanol–water partition coefficient (Wildman–Crippen LogP) is 3.22. The van der Waals surface area contributed by atoms with Gasteiger partial charge in [0, 0.05) is 18.0 Å². The Hall–Kier alpha value is -0.100. The van der Waals surface area contributed by atoms with Gasteiger partial charge in [-0.05, 0) is 30.9 Å². The fourth-order valence-corrected chi connectivity index (χ4v) is 5.72. The van der Waals surface area contributed by atoms with Gasteiger partial charge in [0.25, 0.3) is 10.0 Å². The number of nitrogens with zero attached hydrogens (tertiary/aromatic N) is 1. The van der Waals surface area contributed by atoms with Crippen LogP contribution in [-0.4, -0.2) is 25.8 Å². The van der Waals surface area contributed by atoms with Crippen molar-refractivity contribution in [3.05, 3.63) is 16.5 Å². The summed E-state index contributed by atoms with van der Waals surface area (Å²) in [6, 6.07) is 1.75. The van der Waals surface area contributed by atoms with Gasteiger partial charge in [-0.1, -0.05) is 13.3 Å². The van der Waals surface area contributed by atoms with Gasteiger partial charge in [0.1, 0.15) is 4.21 Å². The van der Waals surface area contributed by atoms with E-state index in [-0.39, 0.29) is 0 Å². The van der Waals surface area contributed by atoms with Crippen LogP contribution in [0.1, 0.15) is 30.2 Å². The summed E-state index contributed by atoms with van der Waals surface area (Å²) in [6.45, 7) is 5.33. The quantitative estimate of drug-likeness (QED) is 0.801. The molecule has 6 heteroatoms. The summed E-state index contributed by atoms with van der Waals surface area (Å²) in [6.07, 6.45) is 2.02. The number of aryl methyl sites for hydroxylation is 1. The standard InChI is InChI=1S/C12H18ClNO2S2/c1-3-10-4-5-14(8-10)18(15,16)12-6-9(2)11(7-13)17-12/h6,10H,3-5,7-8H2,1-2H3. The Morgan fingerprint density at radius 1 is 1.56 bits per heavy atom. The van der Waals surface area contributed by atoms with Crippen LogP contribution in [0.3, 0.4) is 0 Å². The van der Waals surface area contributed by atoms with Gasteiger partial charge in [-0.25, -0.2) is 8.42 Å². The highest BCUT2D eigenvalue weighted by Crippen LogP contribution is 2.32. The second-order valence-electron chi connectivity index (χ2n) is 4.73. The van der Waals surface area contributed by atoms with Crippen molar-refractivity contribution in [3.63, 3.8) is 0 Å². The molecule has 1 aliphatic heterocycles. The Morgan fingerprint density at radius 2 is 2.28 bits per heavy atom. The minimum Gasteiger partial charge on any atom is -0.206 e. The molecule has 0 aromatic carbocycles. The van der Waals surface area contributed by atoms with Crippen LogP contribution in [0.2, 0.25) is 0 Å². The zero-order valence-electron chi connectivity index (χ0n) is 10.6. The molecule has 102 valence electrons. The van der Waals surface area contributed by atoms with Crippen LogP contribution in [0.15, 0.2) is 10.3 Å². The van der Waals surface area contributed by atoms with E-state index in [0.717, 1.165) is 23.3 Å². The molecular weight excluding hydrogens is 290 g/mol. The average molecular weight is 308 g/mol. The molecule has 1 aromatic heterocycles. The maximum absolute atomic E-state index is 12.5. The van der Waals surface area contributed by atoms with Crippen molar-refractivity contribution in [1.29, 1.82) is 0 Å². The van der Waals surface area contributed by atoms with E-state index < -0.39 is 10.0 Å². The smallest absolute Gasteiger partial charge is 0.206 e. The molecule has 18 heavy (non-hydrogen) atoms. The van der Waals surface area contributed by atoms with Crippen molar-refractivity contribution in [2.24, 2.45) is 5.92 Å². The Morgan fingerprint density at radius 3 is 2.78 bits per heavy atom. The second kappa shape index (κ2) is 5.49. The fourth-order valence-electron chi connectivity index (χ4n) is 2.22. The number of alkyl halides is 1. The number of hydrogen-bond acceptors (Lipinski definition) is 3. The Labute approximate surface area is 118 Å². The molecule has 1 aromatic rings. The monoisotopic (exact) mass is 307 g/mol. The van der Waals surface area contributed by atoms with Gasteiger partial charge in [0.05, 0.1) is 5.88 Å². The van der Waals surface area contributed by atoms with E-state index in [4.69, 9.17) is 11.6 Å². The fraction of sp³-hybridized carbons (Fsp3) is 0.667. The van der Waals surface area contributed by atoms with Gasteiger partial charge in [-0.2, -0.15) is 4.31 Å². The normalized spacial score (nSPS) is 21.6. The summed E-state index contributed by atoms with van der Waals surface area (Å²) < 4.78 is 27.0. The highest BCUT2D eigenvalue weighted by molar-refractivity contribution is 7.91. The molecule has 0 bridgehead atoms. The highest BCUT2D eigenvalue weighted by atomic mass is 35.5. The number of thiophene rings is 1. The lowest BCUT2D eigenvalue weighted by atomic mass is 10.1. The first-order valence-corrected chi connectivity index (χ1v) is 8.93. The van der Waals surface area contributed by atoms with Gasteiger partial charge < -0.3 is 0 Å². The molecule has 0 N–H and O–H groups in total. The van der Waals surface area contributed by atoms with E-state index in [0.29, 0.717) is 29.1 Å². The summed E-state index contributed by atoms with van der Waals surface area (Å²) in [7, 11) is -3.30. The topological polar surface area (TPSA) is 37.4 Å². The summed E-state index contributed by atoms with van der Waals surface area (Å²) in [5.74, 6) is 0.886. The zero-order chi connectivity index (χ0) is 13.3. The molecule has 2 rings (SSSR count). The van der Waals surface area contributed by atoms with Crippen LogP contribution >= 0.6 is 22.9 Å². The van der Waals surface area contributed by atoms with Crippen molar-refractivity contribution in [3.8, 4) is 0 Å². The van der Waals surface area contributed by atoms with Crippen LogP contribution in [-0.2, 0) is 15.9 Å². The first-order valence-electron chi connectivity index (χ1n) is 6.14.